The monoisotopic (exact) mass is 423 g/mol. The molecule has 1 aromatic heterocycles. The minimum absolute atomic E-state index is 0.0150. The first-order chi connectivity index (χ1) is 12.2. The van der Waals surface area contributed by atoms with Gasteiger partial charge in [-0.2, -0.15) is 0 Å². The standard InChI is InChI=1S/C19H23BrFN3O2/c1-19(2,3)26-18(25)23-13-5-4-8-24(11-13)16-6-7-22-17-14(16)9-12(20)10-15(17)21/h6-7,9-10,13H,4-5,8,11H2,1-3H3,(H,23,25)/t13-/m0/s1. The maximum atomic E-state index is 14.2. The number of benzene rings is 1. The predicted octanol–water partition coefficient (Wildman–Crippen LogP) is 4.63. The number of hydrogen-bond donors (Lipinski definition) is 1. The fraction of sp³-hybridized carbons (Fsp3) is 0.474. The van der Waals surface area contributed by atoms with Crippen LogP contribution in [-0.2, 0) is 4.74 Å². The molecule has 2 aromatic rings. The molecule has 2 heterocycles. The lowest BCUT2D eigenvalue weighted by Gasteiger charge is -2.35. The molecule has 1 aliphatic heterocycles. The third-order valence-electron chi connectivity index (χ3n) is 4.22. The zero-order valence-corrected chi connectivity index (χ0v) is 16.8. The van der Waals surface area contributed by atoms with Crippen molar-refractivity contribution in [3.8, 4) is 0 Å². The van der Waals surface area contributed by atoms with E-state index in [1.54, 1.807) is 6.20 Å². The number of alkyl carbamates (subject to hydrolysis) is 1. The van der Waals surface area contributed by atoms with Crippen LogP contribution in [0.4, 0.5) is 14.9 Å². The summed E-state index contributed by atoms with van der Waals surface area (Å²) in [6, 6.07) is 5.18. The Bertz CT molecular complexity index is 822. The van der Waals surface area contributed by atoms with Crippen molar-refractivity contribution in [2.75, 3.05) is 18.0 Å². The van der Waals surface area contributed by atoms with Crippen molar-refractivity contribution in [1.29, 1.82) is 0 Å². The van der Waals surface area contributed by atoms with Crippen LogP contribution in [0.1, 0.15) is 33.6 Å². The Morgan fingerprint density at radius 3 is 2.92 bits per heavy atom. The highest BCUT2D eigenvalue weighted by Crippen LogP contribution is 2.31. The summed E-state index contributed by atoms with van der Waals surface area (Å²) in [5.74, 6) is -0.350. The molecular formula is C19H23BrFN3O2. The number of nitrogens with zero attached hydrogens (tertiary/aromatic N) is 2. The maximum Gasteiger partial charge on any atom is 0.407 e. The fourth-order valence-electron chi connectivity index (χ4n) is 3.23. The normalized spacial score (nSPS) is 18.0. The van der Waals surface area contributed by atoms with Crippen molar-refractivity contribution in [2.24, 2.45) is 0 Å². The van der Waals surface area contributed by atoms with Gasteiger partial charge in [0.15, 0.2) is 5.82 Å². The van der Waals surface area contributed by atoms with Crippen molar-refractivity contribution >= 4 is 38.6 Å². The second-order valence-corrected chi connectivity index (χ2v) is 8.46. The Labute approximate surface area is 161 Å². The van der Waals surface area contributed by atoms with E-state index < -0.39 is 11.7 Å². The van der Waals surface area contributed by atoms with Gasteiger partial charge in [-0.3, -0.25) is 4.98 Å². The molecule has 3 rings (SSSR count). The molecule has 0 saturated carbocycles. The van der Waals surface area contributed by atoms with Crippen molar-refractivity contribution in [2.45, 2.75) is 45.3 Å². The van der Waals surface area contributed by atoms with E-state index in [4.69, 9.17) is 4.74 Å². The average molecular weight is 424 g/mol. The number of rotatable bonds is 2. The van der Waals surface area contributed by atoms with Crippen LogP contribution in [0.3, 0.4) is 0 Å². The van der Waals surface area contributed by atoms with Gasteiger partial charge >= 0.3 is 6.09 Å². The third-order valence-corrected chi connectivity index (χ3v) is 4.68. The van der Waals surface area contributed by atoms with Gasteiger partial charge in [-0.25, -0.2) is 9.18 Å². The fourth-order valence-corrected chi connectivity index (χ4v) is 3.66. The van der Waals surface area contributed by atoms with Gasteiger partial charge in [-0.05, 0) is 51.8 Å². The van der Waals surface area contributed by atoms with Gasteiger partial charge in [0.1, 0.15) is 11.1 Å². The third kappa shape index (κ3) is 4.44. The smallest absolute Gasteiger partial charge is 0.407 e. The Kier molecular flexibility index (Phi) is 5.37. The van der Waals surface area contributed by atoms with Crippen molar-refractivity contribution in [3.05, 3.63) is 34.7 Å². The van der Waals surface area contributed by atoms with Gasteiger partial charge in [-0.1, -0.05) is 15.9 Å². The van der Waals surface area contributed by atoms with Crippen LogP contribution in [0.5, 0.6) is 0 Å². The summed E-state index contributed by atoms with van der Waals surface area (Å²) in [6.45, 7) is 7.02. The zero-order chi connectivity index (χ0) is 18.9. The van der Waals surface area contributed by atoms with E-state index >= 15 is 0 Å². The van der Waals surface area contributed by atoms with Gasteiger partial charge < -0.3 is 15.0 Å². The van der Waals surface area contributed by atoms with Gasteiger partial charge in [0.05, 0.1) is 0 Å². The Morgan fingerprint density at radius 1 is 1.42 bits per heavy atom. The molecule has 7 heteroatoms. The Morgan fingerprint density at radius 2 is 2.19 bits per heavy atom. The molecule has 1 N–H and O–H groups in total. The summed E-state index contributed by atoms with van der Waals surface area (Å²) in [4.78, 5) is 18.4. The minimum Gasteiger partial charge on any atom is -0.444 e. The molecule has 0 bridgehead atoms. The van der Waals surface area contributed by atoms with E-state index in [9.17, 15) is 9.18 Å². The number of ether oxygens (including phenoxy) is 1. The van der Waals surface area contributed by atoms with Crippen LogP contribution < -0.4 is 10.2 Å². The topological polar surface area (TPSA) is 54.5 Å². The molecule has 0 unspecified atom stereocenters. The van der Waals surface area contributed by atoms with E-state index in [1.165, 1.54) is 6.07 Å². The highest BCUT2D eigenvalue weighted by atomic mass is 79.9. The Balaban J connectivity index is 1.80. The summed E-state index contributed by atoms with van der Waals surface area (Å²) in [5.41, 5.74) is 0.752. The molecule has 1 atom stereocenters. The predicted molar refractivity (Wildman–Crippen MR) is 104 cm³/mol. The molecule has 5 nitrogen and oxygen atoms in total. The lowest BCUT2D eigenvalue weighted by atomic mass is 10.0. The zero-order valence-electron chi connectivity index (χ0n) is 15.2. The summed E-state index contributed by atoms with van der Waals surface area (Å²) in [7, 11) is 0. The molecule has 0 radical (unpaired) electrons. The average Bonchev–Trinajstić information content (AvgIpc) is 2.52. The second-order valence-electron chi connectivity index (χ2n) is 7.55. The van der Waals surface area contributed by atoms with Crippen LogP contribution in [0, 0.1) is 5.82 Å². The number of pyridine rings is 1. The lowest BCUT2D eigenvalue weighted by molar-refractivity contribution is 0.0500. The summed E-state index contributed by atoms with van der Waals surface area (Å²) in [6.07, 6.45) is 3.04. The number of amides is 1. The van der Waals surface area contributed by atoms with Crippen molar-refractivity contribution in [1.82, 2.24) is 10.3 Å². The summed E-state index contributed by atoms with van der Waals surface area (Å²) >= 11 is 3.35. The molecule has 26 heavy (non-hydrogen) atoms. The lowest BCUT2D eigenvalue weighted by Crippen LogP contribution is -2.49. The number of anilines is 1. The summed E-state index contributed by atoms with van der Waals surface area (Å²) < 4.78 is 20.2. The van der Waals surface area contributed by atoms with Crippen LogP contribution in [0.15, 0.2) is 28.9 Å². The van der Waals surface area contributed by atoms with Gasteiger partial charge in [-0.15, -0.1) is 0 Å². The van der Waals surface area contributed by atoms with E-state index in [0.29, 0.717) is 16.5 Å². The molecule has 1 amide bonds. The second kappa shape index (κ2) is 7.39. The van der Waals surface area contributed by atoms with E-state index in [-0.39, 0.29) is 11.9 Å². The number of carbonyl (C=O) groups excluding carboxylic acids is 1. The van der Waals surface area contributed by atoms with Gasteiger partial charge in [0.2, 0.25) is 0 Å². The van der Waals surface area contributed by atoms with Crippen molar-refractivity contribution in [3.63, 3.8) is 0 Å². The molecular weight excluding hydrogens is 401 g/mol. The molecule has 140 valence electrons. The van der Waals surface area contributed by atoms with Crippen LogP contribution >= 0.6 is 15.9 Å². The SMILES string of the molecule is CC(C)(C)OC(=O)N[C@H]1CCCN(c2ccnc3c(F)cc(Br)cc23)C1. The molecule has 1 aromatic carbocycles. The highest BCUT2D eigenvalue weighted by molar-refractivity contribution is 9.10. The first-order valence-electron chi connectivity index (χ1n) is 8.71. The number of hydrogen-bond acceptors (Lipinski definition) is 4. The number of fused-ring (bicyclic) bond motifs is 1. The quantitative estimate of drug-likeness (QED) is 0.764. The molecule has 0 spiro atoms. The number of carbonyl (C=O) groups is 1. The number of aromatic nitrogens is 1. The molecule has 1 saturated heterocycles. The molecule has 1 aliphatic rings. The molecule has 0 aliphatic carbocycles. The first-order valence-corrected chi connectivity index (χ1v) is 9.50. The molecule has 1 fully saturated rings. The maximum absolute atomic E-state index is 14.2. The highest BCUT2D eigenvalue weighted by Gasteiger charge is 2.25. The number of nitrogens with one attached hydrogen (secondary N) is 1. The summed E-state index contributed by atoms with van der Waals surface area (Å²) in [5, 5.41) is 3.71. The number of piperidine rings is 1. The van der Waals surface area contributed by atoms with Crippen LogP contribution in [-0.4, -0.2) is 35.8 Å². The van der Waals surface area contributed by atoms with Crippen LogP contribution in [0.2, 0.25) is 0 Å². The Hall–Kier alpha value is -1.89. The first kappa shape index (κ1) is 18.9. The number of halogens is 2. The van der Waals surface area contributed by atoms with Crippen molar-refractivity contribution < 1.29 is 13.9 Å². The van der Waals surface area contributed by atoms with Crippen LogP contribution in [0.25, 0.3) is 10.9 Å². The minimum atomic E-state index is -0.524. The van der Waals surface area contributed by atoms with Gasteiger partial charge in [0, 0.05) is 40.9 Å². The van der Waals surface area contributed by atoms with Gasteiger partial charge in [0.25, 0.3) is 0 Å². The largest absolute Gasteiger partial charge is 0.444 e. The van der Waals surface area contributed by atoms with E-state index in [1.807, 2.05) is 32.9 Å². The van der Waals surface area contributed by atoms with E-state index in [0.717, 1.165) is 30.5 Å². The van der Waals surface area contributed by atoms with E-state index in [2.05, 4.69) is 31.1 Å².